The van der Waals surface area contributed by atoms with Gasteiger partial charge in [-0.05, 0) is 49.2 Å². The van der Waals surface area contributed by atoms with Crippen LogP contribution in [0.1, 0.15) is 24.0 Å². The Morgan fingerprint density at radius 3 is 2.27 bits per heavy atom. The first-order valence-electron chi connectivity index (χ1n) is 7.47. The quantitative estimate of drug-likeness (QED) is 0.864. The monoisotopic (exact) mass is 290 g/mol. The first kappa shape index (κ1) is 14.2. The lowest BCUT2D eigenvalue weighted by Crippen LogP contribution is -2.40. The highest BCUT2D eigenvalue weighted by Crippen LogP contribution is 2.25. The molecule has 3 rings (SSSR count). The van der Waals surface area contributed by atoms with Crippen molar-refractivity contribution in [1.29, 1.82) is 0 Å². The van der Waals surface area contributed by atoms with E-state index in [2.05, 4.69) is 16.7 Å². The maximum absolute atomic E-state index is 11.5. The SMILES string of the molecule is NC(=O)[C@H]1CCCN1c1ccc(C#Cc2ccccc2)cc1. The zero-order chi connectivity index (χ0) is 15.4. The average Bonchev–Trinajstić information content (AvgIpc) is 3.04. The fourth-order valence-corrected chi connectivity index (χ4v) is 2.77. The van der Waals surface area contributed by atoms with E-state index in [0.717, 1.165) is 36.2 Å². The van der Waals surface area contributed by atoms with Gasteiger partial charge in [0.2, 0.25) is 5.91 Å². The molecule has 0 saturated carbocycles. The van der Waals surface area contributed by atoms with Gasteiger partial charge >= 0.3 is 0 Å². The summed E-state index contributed by atoms with van der Waals surface area (Å²) in [6, 6.07) is 17.7. The first-order chi connectivity index (χ1) is 10.7. The number of carbonyl (C=O) groups is 1. The first-order valence-corrected chi connectivity index (χ1v) is 7.47. The molecule has 0 spiro atoms. The van der Waals surface area contributed by atoms with Crippen LogP contribution in [0.5, 0.6) is 0 Å². The van der Waals surface area contributed by atoms with Gasteiger partial charge in [-0.1, -0.05) is 30.0 Å². The number of hydrogen-bond donors (Lipinski definition) is 1. The van der Waals surface area contributed by atoms with Crippen molar-refractivity contribution in [2.75, 3.05) is 11.4 Å². The molecule has 0 radical (unpaired) electrons. The Kier molecular flexibility index (Phi) is 4.11. The van der Waals surface area contributed by atoms with Crippen molar-refractivity contribution in [2.24, 2.45) is 5.73 Å². The van der Waals surface area contributed by atoms with Gasteiger partial charge in [0, 0.05) is 23.4 Å². The third kappa shape index (κ3) is 3.12. The van der Waals surface area contributed by atoms with Crippen LogP contribution in [0.15, 0.2) is 54.6 Å². The third-order valence-electron chi connectivity index (χ3n) is 3.91. The van der Waals surface area contributed by atoms with E-state index in [4.69, 9.17) is 5.73 Å². The molecule has 3 nitrogen and oxygen atoms in total. The van der Waals surface area contributed by atoms with E-state index in [-0.39, 0.29) is 11.9 Å². The maximum Gasteiger partial charge on any atom is 0.240 e. The highest BCUT2D eigenvalue weighted by Gasteiger charge is 2.28. The number of rotatable bonds is 2. The van der Waals surface area contributed by atoms with E-state index in [1.807, 2.05) is 54.6 Å². The van der Waals surface area contributed by atoms with Gasteiger partial charge in [0.05, 0.1) is 0 Å². The van der Waals surface area contributed by atoms with Crippen molar-refractivity contribution in [3.8, 4) is 11.8 Å². The molecule has 2 aromatic carbocycles. The lowest BCUT2D eigenvalue weighted by Gasteiger charge is -2.24. The molecular weight excluding hydrogens is 272 g/mol. The summed E-state index contributed by atoms with van der Waals surface area (Å²) in [6.45, 7) is 0.878. The molecule has 2 aromatic rings. The van der Waals surface area contributed by atoms with Crippen molar-refractivity contribution < 1.29 is 4.79 Å². The van der Waals surface area contributed by atoms with Gasteiger partial charge in [0.25, 0.3) is 0 Å². The second kappa shape index (κ2) is 6.36. The molecule has 110 valence electrons. The van der Waals surface area contributed by atoms with E-state index in [1.165, 1.54) is 0 Å². The van der Waals surface area contributed by atoms with Crippen LogP contribution >= 0.6 is 0 Å². The number of carbonyl (C=O) groups excluding carboxylic acids is 1. The van der Waals surface area contributed by atoms with Crippen LogP contribution in [0, 0.1) is 11.8 Å². The van der Waals surface area contributed by atoms with Crippen molar-refractivity contribution >= 4 is 11.6 Å². The molecule has 0 bridgehead atoms. The van der Waals surface area contributed by atoms with E-state index in [1.54, 1.807) is 0 Å². The van der Waals surface area contributed by atoms with Gasteiger partial charge in [0.15, 0.2) is 0 Å². The molecular formula is C19H18N2O. The van der Waals surface area contributed by atoms with Crippen LogP contribution < -0.4 is 10.6 Å². The average molecular weight is 290 g/mol. The third-order valence-corrected chi connectivity index (χ3v) is 3.91. The number of benzene rings is 2. The maximum atomic E-state index is 11.5. The molecule has 1 aliphatic rings. The van der Waals surface area contributed by atoms with E-state index < -0.39 is 0 Å². The molecule has 1 amide bonds. The number of anilines is 1. The highest BCUT2D eigenvalue weighted by molar-refractivity contribution is 5.84. The van der Waals surface area contributed by atoms with Crippen LogP contribution in [-0.4, -0.2) is 18.5 Å². The summed E-state index contributed by atoms with van der Waals surface area (Å²) in [6.07, 6.45) is 1.84. The summed E-state index contributed by atoms with van der Waals surface area (Å²) in [4.78, 5) is 13.5. The van der Waals surface area contributed by atoms with Gasteiger partial charge in [-0.2, -0.15) is 0 Å². The normalized spacial score (nSPS) is 16.9. The minimum Gasteiger partial charge on any atom is -0.368 e. The number of amides is 1. The highest BCUT2D eigenvalue weighted by atomic mass is 16.1. The smallest absolute Gasteiger partial charge is 0.240 e. The Labute approximate surface area is 130 Å². The minimum atomic E-state index is -0.245. The molecule has 1 heterocycles. The predicted molar refractivity (Wildman–Crippen MR) is 88.4 cm³/mol. The lowest BCUT2D eigenvalue weighted by molar-refractivity contribution is -0.119. The van der Waals surface area contributed by atoms with Crippen molar-refractivity contribution in [1.82, 2.24) is 0 Å². The zero-order valence-electron chi connectivity index (χ0n) is 12.3. The minimum absolute atomic E-state index is 0.179. The number of nitrogens with zero attached hydrogens (tertiary/aromatic N) is 1. The van der Waals surface area contributed by atoms with E-state index >= 15 is 0 Å². The molecule has 1 fully saturated rings. The Bertz CT molecular complexity index is 711. The number of primary amides is 1. The van der Waals surface area contributed by atoms with Crippen LogP contribution in [0.2, 0.25) is 0 Å². The Balaban J connectivity index is 1.76. The summed E-state index contributed by atoms with van der Waals surface area (Å²) < 4.78 is 0. The fraction of sp³-hybridized carbons (Fsp3) is 0.211. The molecule has 0 unspecified atom stereocenters. The van der Waals surface area contributed by atoms with Gasteiger partial charge in [0.1, 0.15) is 6.04 Å². The summed E-state index contributed by atoms with van der Waals surface area (Å²) in [5.74, 6) is 6.05. The van der Waals surface area contributed by atoms with Crippen LogP contribution in [0.25, 0.3) is 0 Å². The summed E-state index contributed by atoms with van der Waals surface area (Å²) in [5, 5.41) is 0. The van der Waals surface area contributed by atoms with Crippen molar-refractivity contribution in [3.63, 3.8) is 0 Å². The van der Waals surface area contributed by atoms with Gasteiger partial charge in [-0.25, -0.2) is 0 Å². The molecule has 1 atom stereocenters. The Hall–Kier alpha value is -2.73. The van der Waals surface area contributed by atoms with Crippen molar-refractivity contribution in [3.05, 3.63) is 65.7 Å². The topological polar surface area (TPSA) is 46.3 Å². The van der Waals surface area contributed by atoms with Gasteiger partial charge in [-0.3, -0.25) is 4.79 Å². The van der Waals surface area contributed by atoms with Crippen molar-refractivity contribution in [2.45, 2.75) is 18.9 Å². The molecule has 0 aromatic heterocycles. The molecule has 1 saturated heterocycles. The van der Waals surface area contributed by atoms with Gasteiger partial charge in [-0.15, -0.1) is 0 Å². The standard InChI is InChI=1S/C19H18N2O/c20-19(22)18-7-4-14-21(18)17-12-10-16(11-13-17)9-8-15-5-2-1-3-6-15/h1-3,5-6,10-13,18H,4,7,14H2,(H2,20,22)/t18-/m1/s1. The summed E-state index contributed by atoms with van der Waals surface area (Å²) in [7, 11) is 0. The summed E-state index contributed by atoms with van der Waals surface area (Å²) in [5.41, 5.74) is 8.46. The largest absolute Gasteiger partial charge is 0.368 e. The number of nitrogens with two attached hydrogens (primary N) is 1. The second-order valence-corrected chi connectivity index (χ2v) is 5.42. The summed E-state index contributed by atoms with van der Waals surface area (Å²) >= 11 is 0. The van der Waals surface area contributed by atoms with Crippen LogP contribution in [0.3, 0.4) is 0 Å². The molecule has 22 heavy (non-hydrogen) atoms. The Morgan fingerprint density at radius 1 is 1.00 bits per heavy atom. The molecule has 0 aliphatic carbocycles. The predicted octanol–water partition coefficient (Wildman–Crippen LogP) is 2.54. The van der Waals surface area contributed by atoms with E-state index in [9.17, 15) is 4.79 Å². The number of hydrogen-bond acceptors (Lipinski definition) is 2. The molecule has 3 heteroatoms. The van der Waals surface area contributed by atoms with E-state index in [0.29, 0.717) is 0 Å². The lowest BCUT2D eigenvalue weighted by atomic mass is 10.1. The Morgan fingerprint density at radius 2 is 1.64 bits per heavy atom. The molecule has 1 aliphatic heterocycles. The van der Waals surface area contributed by atoms with Gasteiger partial charge < -0.3 is 10.6 Å². The van der Waals surface area contributed by atoms with Crippen LogP contribution in [-0.2, 0) is 4.79 Å². The zero-order valence-corrected chi connectivity index (χ0v) is 12.3. The molecule has 2 N–H and O–H groups in total. The van der Waals surface area contributed by atoms with Crippen LogP contribution in [0.4, 0.5) is 5.69 Å². The second-order valence-electron chi connectivity index (χ2n) is 5.42. The fourth-order valence-electron chi connectivity index (χ4n) is 2.77.